The molecule has 0 aliphatic carbocycles. The minimum absolute atomic E-state index is 0.0568. The van der Waals surface area contributed by atoms with Crippen LogP contribution in [0.3, 0.4) is 0 Å². The van der Waals surface area contributed by atoms with E-state index in [0.717, 1.165) is 15.6 Å². The zero-order chi connectivity index (χ0) is 24.1. The van der Waals surface area contributed by atoms with Gasteiger partial charge in [-0.15, -0.1) is 0 Å². The molecule has 34 heavy (non-hydrogen) atoms. The van der Waals surface area contributed by atoms with Gasteiger partial charge >= 0.3 is 0 Å². The monoisotopic (exact) mass is 521 g/mol. The molecule has 0 radical (unpaired) electrons. The lowest BCUT2D eigenvalue weighted by atomic mass is 9.95. The van der Waals surface area contributed by atoms with Crippen molar-refractivity contribution in [2.24, 2.45) is 0 Å². The summed E-state index contributed by atoms with van der Waals surface area (Å²) in [5, 5.41) is 11.1. The number of nitrogens with zero attached hydrogens (tertiary/aromatic N) is 1. The molecule has 1 aliphatic rings. The SMILES string of the molecule is COCCN1C(=O)C(=O)/C(=C(/O)c2ccc(OCc3ccccc3)cc2)C1c1ccc(Br)cc1. The Hall–Kier alpha value is -3.42. The van der Waals surface area contributed by atoms with Gasteiger partial charge in [-0.05, 0) is 47.5 Å². The Kier molecular flexibility index (Phi) is 7.45. The van der Waals surface area contributed by atoms with Gasteiger partial charge in [-0.25, -0.2) is 0 Å². The highest BCUT2D eigenvalue weighted by Gasteiger charge is 2.45. The van der Waals surface area contributed by atoms with Crippen LogP contribution in [0, 0.1) is 0 Å². The molecule has 1 aliphatic heterocycles. The van der Waals surface area contributed by atoms with Crippen molar-refractivity contribution in [2.75, 3.05) is 20.3 Å². The van der Waals surface area contributed by atoms with Crippen LogP contribution in [0.1, 0.15) is 22.7 Å². The number of hydrogen-bond donors (Lipinski definition) is 1. The average Bonchev–Trinajstić information content (AvgIpc) is 3.12. The molecule has 3 aromatic rings. The summed E-state index contributed by atoms with van der Waals surface area (Å²) in [5.41, 5.74) is 2.25. The van der Waals surface area contributed by atoms with Gasteiger partial charge in [-0.3, -0.25) is 9.59 Å². The molecule has 1 saturated heterocycles. The Morgan fingerprint density at radius 1 is 0.971 bits per heavy atom. The maximum Gasteiger partial charge on any atom is 0.295 e. The third-order valence-corrected chi connectivity index (χ3v) is 6.17. The van der Waals surface area contributed by atoms with Gasteiger partial charge in [-0.1, -0.05) is 58.4 Å². The molecule has 1 atom stereocenters. The summed E-state index contributed by atoms with van der Waals surface area (Å²) in [4.78, 5) is 27.3. The predicted molar refractivity (Wildman–Crippen MR) is 132 cm³/mol. The van der Waals surface area contributed by atoms with E-state index in [0.29, 0.717) is 17.9 Å². The maximum absolute atomic E-state index is 13.0. The molecule has 174 valence electrons. The lowest BCUT2D eigenvalue weighted by Gasteiger charge is -2.25. The molecule has 1 fully saturated rings. The van der Waals surface area contributed by atoms with Gasteiger partial charge in [0.1, 0.15) is 18.1 Å². The standard InChI is InChI=1S/C27H24BrNO5/c1-33-16-15-29-24(19-7-11-21(28)12-8-19)23(26(31)27(29)32)25(30)20-9-13-22(14-10-20)34-17-18-5-3-2-4-6-18/h2-14,24,30H,15-17H2,1H3/b25-23+. The van der Waals surface area contributed by atoms with Crippen molar-refractivity contribution in [3.8, 4) is 5.75 Å². The van der Waals surface area contributed by atoms with Gasteiger partial charge in [0.15, 0.2) is 0 Å². The number of ether oxygens (including phenoxy) is 2. The van der Waals surface area contributed by atoms with Crippen molar-refractivity contribution in [2.45, 2.75) is 12.6 Å². The van der Waals surface area contributed by atoms with E-state index in [4.69, 9.17) is 9.47 Å². The number of carbonyl (C=O) groups excluding carboxylic acids is 2. The molecule has 0 saturated carbocycles. The fourth-order valence-electron chi connectivity index (χ4n) is 3.90. The normalized spacial score (nSPS) is 17.2. The highest BCUT2D eigenvalue weighted by Crippen LogP contribution is 2.39. The number of methoxy groups -OCH3 is 1. The molecular formula is C27H24BrNO5. The first-order chi connectivity index (χ1) is 16.5. The number of aliphatic hydroxyl groups is 1. The minimum Gasteiger partial charge on any atom is -0.507 e. The first-order valence-corrected chi connectivity index (χ1v) is 11.6. The smallest absolute Gasteiger partial charge is 0.295 e. The third kappa shape index (κ3) is 5.05. The van der Waals surface area contributed by atoms with E-state index >= 15 is 0 Å². The molecule has 6 nitrogen and oxygen atoms in total. The molecule has 1 amide bonds. The van der Waals surface area contributed by atoms with Crippen molar-refractivity contribution in [1.29, 1.82) is 0 Å². The van der Waals surface area contributed by atoms with Gasteiger partial charge in [-0.2, -0.15) is 0 Å². The van der Waals surface area contributed by atoms with Crippen LogP contribution in [0.25, 0.3) is 5.76 Å². The second-order valence-electron chi connectivity index (χ2n) is 7.84. The van der Waals surface area contributed by atoms with E-state index in [1.54, 1.807) is 24.3 Å². The van der Waals surface area contributed by atoms with Gasteiger partial charge in [0.2, 0.25) is 0 Å². The van der Waals surface area contributed by atoms with Crippen LogP contribution < -0.4 is 4.74 Å². The van der Waals surface area contributed by atoms with Crippen LogP contribution >= 0.6 is 15.9 Å². The van der Waals surface area contributed by atoms with Crippen LogP contribution in [0.2, 0.25) is 0 Å². The van der Waals surface area contributed by atoms with Gasteiger partial charge in [0.05, 0.1) is 18.2 Å². The number of ketones is 1. The van der Waals surface area contributed by atoms with Crippen LogP contribution in [-0.4, -0.2) is 42.0 Å². The summed E-state index contributed by atoms with van der Waals surface area (Å²) in [6.45, 7) is 0.915. The van der Waals surface area contributed by atoms with Crippen molar-refractivity contribution in [3.63, 3.8) is 0 Å². The lowest BCUT2D eigenvalue weighted by Crippen LogP contribution is -2.32. The number of hydrogen-bond acceptors (Lipinski definition) is 5. The number of rotatable bonds is 8. The average molecular weight is 522 g/mol. The summed E-state index contributed by atoms with van der Waals surface area (Å²) >= 11 is 3.41. The second kappa shape index (κ2) is 10.7. The summed E-state index contributed by atoms with van der Waals surface area (Å²) in [6.07, 6.45) is 0. The van der Waals surface area contributed by atoms with Gasteiger partial charge in [0.25, 0.3) is 11.7 Å². The molecule has 3 aromatic carbocycles. The van der Waals surface area contributed by atoms with Crippen molar-refractivity contribution >= 4 is 33.4 Å². The number of aliphatic hydroxyl groups excluding tert-OH is 1. The number of likely N-dealkylation sites (tertiary alicyclic amines) is 1. The summed E-state index contributed by atoms with van der Waals surface area (Å²) in [6, 6.07) is 23.2. The van der Waals surface area contributed by atoms with Crippen molar-refractivity contribution < 1.29 is 24.2 Å². The Morgan fingerprint density at radius 3 is 2.29 bits per heavy atom. The quantitative estimate of drug-likeness (QED) is 0.253. The van der Waals surface area contributed by atoms with Crippen LogP contribution in [0.15, 0.2) is 88.9 Å². The minimum atomic E-state index is -0.717. The zero-order valence-electron chi connectivity index (χ0n) is 18.6. The first-order valence-electron chi connectivity index (χ1n) is 10.8. The fraction of sp³-hybridized carbons (Fsp3) is 0.185. The number of benzene rings is 3. The molecular weight excluding hydrogens is 498 g/mol. The van der Waals surface area contributed by atoms with E-state index in [2.05, 4.69) is 15.9 Å². The van der Waals surface area contributed by atoms with Crippen LogP contribution in [-0.2, 0) is 20.9 Å². The second-order valence-corrected chi connectivity index (χ2v) is 8.75. The summed E-state index contributed by atoms with van der Waals surface area (Å²) < 4.78 is 11.8. The number of carbonyl (C=O) groups is 2. The first kappa shape index (κ1) is 23.7. The predicted octanol–water partition coefficient (Wildman–Crippen LogP) is 5.10. The molecule has 1 unspecified atom stereocenters. The number of amides is 1. The van der Waals surface area contributed by atoms with E-state index < -0.39 is 17.7 Å². The van der Waals surface area contributed by atoms with Gasteiger partial charge in [0, 0.05) is 23.7 Å². The molecule has 1 N–H and O–H groups in total. The molecule has 0 spiro atoms. The Bertz CT molecular complexity index is 1190. The summed E-state index contributed by atoms with van der Waals surface area (Å²) in [5.74, 6) is -0.966. The number of halogens is 1. The highest BCUT2D eigenvalue weighted by atomic mass is 79.9. The van der Waals surface area contributed by atoms with Gasteiger partial charge < -0.3 is 19.5 Å². The molecule has 1 heterocycles. The topological polar surface area (TPSA) is 76.1 Å². The molecule has 7 heteroatoms. The molecule has 4 rings (SSSR count). The van der Waals surface area contributed by atoms with E-state index in [1.807, 2.05) is 54.6 Å². The largest absolute Gasteiger partial charge is 0.507 e. The lowest BCUT2D eigenvalue weighted by molar-refractivity contribution is -0.140. The van der Waals surface area contributed by atoms with Crippen molar-refractivity contribution in [3.05, 3.63) is 106 Å². The summed E-state index contributed by atoms with van der Waals surface area (Å²) in [7, 11) is 1.53. The number of Topliss-reactive ketones (excluding diaryl/α,β-unsaturated/α-hetero) is 1. The Labute approximate surface area is 206 Å². The van der Waals surface area contributed by atoms with Crippen LogP contribution in [0.5, 0.6) is 5.75 Å². The van der Waals surface area contributed by atoms with E-state index in [-0.39, 0.29) is 24.5 Å². The fourth-order valence-corrected chi connectivity index (χ4v) is 4.16. The molecule has 0 bridgehead atoms. The Balaban J connectivity index is 1.65. The van der Waals surface area contributed by atoms with E-state index in [1.165, 1.54) is 12.0 Å². The van der Waals surface area contributed by atoms with Crippen molar-refractivity contribution in [1.82, 2.24) is 4.90 Å². The third-order valence-electron chi connectivity index (χ3n) is 5.64. The molecule has 0 aromatic heterocycles. The highest BCUT2D eigenvalue weighted by molar-refractivity contribution is 9.10. The van der Waals surface area contributed by atoms with E-state index in [9.17, 15) is 14.7 Å². The zero-order valence-corrected chi connectivity index (χ0v) is 20.2. The Morgan fingerprint density at radius 2 is 1.65 bits per heavy atom. The van der Waals surface area contributed by atoms with Crippen LogP contribution in [0.4, 0.5) is 0 Å². The maximum atomic E-state index is 13.0.